The Morgan fingerprint density at radius 3 is 2.59 bits per heavy atom. The summed E-state index contributed by atoms with van der Waals surface area (Å²) in [6.07, 6.45) is 0.280. The summed E-state index contributed by atoms with van der Waals surface area (Å²) >= 11 is 1.48. The van der Waals surface area contributed by atoms with E-state index in [9.17, 15) is 14.7 Å². The largest absolute Gasteiger partial charge is 0.480 e. The average molecular weight is 404 g/mol. The molecule has 4 aromatic rings. The number of furan rings is 1. The molecule has 1 aliphatic rings. The molecule has 0 aliphatic carbocycles. The number of carbonyl (C=O) groups excluding carboxylic acids is 1. The molecule has 2 aromatic carbocycles. The molecule has 1 amide bonds. The van der Waals surface area contributed by atoms with Crippen LogP contribution in [0.5, 0.6) is 0 Å². The summed E-state index contributed by atoms with van der Waals surface area (Å²) in [5.41, 5.74) is 2.78. The quantitative estimate of drug-likeness (QED) is 0.553. The van der Waals surface area contributed by atoms with E-state index in [2.05, 4.69) is 4.98 Å². The number of thiazole rings is 1. The smallest absolute Gasteiger partial charge is 0.326 e. The number of carboxylic acid groups (broad SMARTS) is 1. The van der Waals surface area contributed by atoms with Gasteiger partial charge in [-0.15, -0.1) is 11.3 Å². The van der Waals surface area contributed by atoms with Gasteiger partial charge in [0.15, 0.2) is 16.5 Å². The highest BCUT2D eigenvalue weighted by Crippen LogP contribution is 2.32. The second kappa shape index (κ2) is 6.86. The Morgan fingerprint density at radius 1 is 1.03 bits per heavy atom. The lowest BCUT2D eigenvalue weighted by Crippen LogP contribution is -2.48. The molecule has 6 nitrogen and oxygen atoms in total. The third-order valence-electron chi connectivity index (χ3n) is 5.12. The van der Waals surface area contributed by atoms with E-state index in [0.717, 1.165) is 21.3 Å². The number of benzene rings is 2. The highest BCUT2D eigenvalue weighted by molar-refractivity contribution is 7.21. The van der Waals surface area contributed by atoms with Gasteiger partial charge in [-0.25, -0.2) is 9.78 Å². The zero-order chi connectivity index (χ0) is 20.0. The maximum Gasteiger partial charge on any atom is 0.326 e. The number of carbonyl (C=O) groups is 2. The molecule has 0 radical (unpaired) electrons. The minimum absolute atomic E-state index is 0.116. The van der Waals surface area contributed by atoms with E-state index in [1.165, 1.54) is 16.2 Å². The fraction of sp³-hybridized carbons (Fsp3) is 0.136. The molecule has 0 bridgehead atoms. The summed E-state index contributed by atoms with van der Waals surface area (Å²) in [5, 5.41) is 10.3. The molecule has 29 heavy (non-hydrogen) atoms. The number of aromatic nitrogens is 1. The minimum Gasteiger partial charge on any atom is -0.480 e. The van der Waals surface area contributed by atoms with Crippen LogP contribution in [0, 0.1) is 0 Å². The van der Waals surface area contributed by atoms with Crippen LogP contribution >= 0.6 is 11.3 Å². The van der Waals surface area contributed by atoms with Gasteiger partial charge in [-0.2, -0.15) is 0 Å². The van der Waals surface area contributed by atoms with Crippen molar-refractivity contribution < 1.29 is 19.1 Å². The van der Waals surface area contributed by atoms with Crippen molar-refractivity contribution >= 4 is 33.4 Å². The molecule has 0 saturated heterocycles. The van der Waals surface area contributed by atoms with Crippen LogP contribution in [0.4, 0.5) is 0 Å². The fourth-order valence-corrected chi connectivity index (χ4v) is 4.57. The second-order valence-corrected chi connectivity index (χ2v) is 7.94. The van der Waals surface area contributed by atoms with Crippen LogP contribution in [0.1, 0.15) is 21.7 Å². The number of para-hydroxylation sites is 1. The summed E-state index contributed by atoms with van der Waals surface area (Å²) in [5.74, 6) is -0.839. The van der Waals surface area contributed by atoms with E-state index in [1.807, 2.05) is 48.5 Å². The number of carboxylic acids is 1. The Balaban J connectivity index is 1.46. The molecule has 0 unspecified atom stereocenters. The topological polar surface area (TPSA) is 83.6 Å². The number of nitrogens with zero attached hydrogens (tertiary/aromatic N) is 2. The van der Waals surface area contributed by atoms with Gasteiger partial charge in [-0.1, -0.05) is 36.4 Å². The van der Waals surface area contributed by atoms with Gasteiger partial charge in [0.25, 0.3) is 5.91 Å². The van der Waals surface area contributed by atoms with Crippen molar-refractivity contribution in [2.75, 3.05) is 0 Å². The van der Waals surface area contributed by atoms with Crippen molar-refractivity contribution in [3.8, 4) is 10.8 Å². The normalized spacial score (nSPS) is 16.0. The van der Waals surface area contributed by atoms with Crippen LogP contribution in [-0.2, 0) is 17.8 Å². The van der Waals surface area contributed by atoms with Crippen molar-refractivity contribution in [2.24, 2.45) is 0 Å². The number of fused-ring (bicyclic) bond motifs is 2. The van der Waals surface area contributed by atoms with E-state index >= 15 is 0 Å². The molecule has 1 N–H and O–H groups in total. The Kier molecular flexibility index (Phi) is 4.17. The number of amides is 1. The molecule has 7 heteroatoms. The lowest BCUT2D eigenvalue weighted by Gasteiger charge is -2.33. The monoisotopic (exact) mass is 404 g/mol. The highest BCUT2D eigenvalue weighted by atomic mass is 32.1. The molecular weight excluding hydrogens is 388 g/mol. The van der Waals surface area contributed by atoms with Crippen molar-refractivity contribution in [1.29, 1.82) is 0 Å². The summed E-state index contributed by atoms with van der Waals surface area (Å²) in [7, 11) is 0. The Morgan fingerprint density at radius 2 is 1.79 bits per heavy atom. The number of rotatable bonds is 3. The maximum atomic E-state index is 13.1. The van der Waals surface area contributed by atoms with Crippen molar-refractivity contribution in [3.63, 3.8) is 0 Å². The first-order valence-electron chi connectivity index (χ1n) is 9.16. The molecule has 0 spiro atoms. The van der Waals surface area contributed by atoms with Gasteiger partial charge in [0.1, 0.15) is 6.04 Å². The van der Waals surface area contributed by atoms with Crippen LogP contribution in [0.25, 0.3) is 21.0 Å². The van der Waals surface area contributed by atoms with Crippen molar-refractivity contribution in [3.05, 3.63) is 77.6 Å². The van der Waals surface area contributed by atoms with E-state index in [-0.39, 0.29) is 18.7 Å². The molecule has 1 atom stereocenters. The third kappa shape index (κ3) is 3.09. The number of aliphatic carboxylic acids is 1. The molecule has 1 aliphatic heterocycles. The zero-order valence-electron chi connectivity index (χ0n) is 15.2. The van der Waals surface area contributed by atoms with E-state index in [1.54, 1.807) is 12.1 Å². The SMILES string of the molecule is O=C(O)[C@H]1Cc2ccccc2CN1C(=O)c1ccc(-c2nc3ccccc3s2)o1. The van der Waals surface area contributed by atoms with E-state index in [0.29, 0.717) is 10.8 Å². The van der Waals surface area contributed by atoms with Gasteiger partial charge in [0, 0.05) is 13.0 Å². The Labute approximate surface area is 170 Å². The fourth-order valence-electron chi connectivity index (χ4n) is 3.64. The van der Waals surface area contributed by atoms with Crippen LogP contribution in [0.15, 0.2) is 65.1 Å². The first-order chi connectivity index (χ1) is 14.1. The molecule has 0 fully saturated rings. The first kappa shape index (κ1) is 17.6. The van der Waals surface area contributed by atoms with Gasteiger partial charge in [-0.3, -0.25) is 4.79 Å². The van der Waals surface area contributed by atoms with Crippen LogP contribution in [-0.4, -0.2) is 32.9 Å². The van der Waals surface area contributed by atoms with Crippen molar-refractivity contribution in [2.45, 2.75) is 19.0 Å². The Bertz CT molecular complexity index is 1210. The van der Waals surface area contributed by atoms with Crippen LogP contribution < -0.4 is 0 Å². The maximum absolute atomic E-state index is 13.1. The molecule has 144 valence electrons. The van der Waals surface area contributed by atoms with Gasteiger partial charge in [0.05, 0.1) is 10.2 Å². The van der Waals surface area contributed by atoms with Gasteiger partial charge >= 0.3 is 5.97 Å². The minimum atomic E-state index is -1.02. The zero-order valence-corrected chi connectivity index (χ0v) is 16.1. The predicted molar refractivity (Wildman–Crippen MR) is 109 cm³/mol. The van der Waals surface area contributed by atoms with Gasteiger partial charge in [0.2, 0.25) is 0 Å². The van der Waals surface area contributed by atoms with Gasteiger partial charge < -0.3 is 14.4 Å². The molecule has 5 rings (SSSR count). The lowest BCUT2D eigenvalue weighted by molar-refractivity contribution is -0.142. The summed E-state index contributed by atoms with van der Waals surface area (Å²) < 4.78 is 6.83. The molecule has 0 saturated carbocycles. The van der Waals surface area contributed by atoms with E-state index < -0.39 is 17.9 Å². The van der Waals surface area contributed by atoms with Crippen LogP contribution in [0.3, 0.4) is 0 Å². The summed E-state index contributed by atoms with van der Waals surface area (Å²) in [6.45, 7) is 0.239. The lowest BCUT2D eigenvalue weighted by atomic mass is 9.94. The molecule has 2 aromatic heterocycles. The molecular formula is C22H16N2O4S. The summed E-state index contributed by atoms with van der Waals surface area (Å²) in [6, 6.07) is 17.7. The molecule has 3 heterocycles. The van der Waals surface area contributed by atoms with E-state index in [4.69, 9.17) is 4.42 Å². The Hall–Kier alpha value is -3.45. The number of hydrogen-bond acceptors (Lipinski definition) is 5. The van der Waals surface area contributed by atoms with Crippen molar-refractivity contribution in [1.82, 2.24) is 9.88 Å². The third-order valence-corrected chi connectivity index (χ3v) is 6.17. The van der Waals surface area contributed by atoms with Crippen LogP contribution in [0.2, 0.25) is 0 Å². The highest BCUT2D eigenvalue weighted by Gasteiger charge is 2.36. The van der Waals surface area contributed by atoms with Gasteiger partial charge in [-0.05, 0) is 35.4 Å². The number of hydrogen-bond donors (Lipinski definition) is 1. The predicted octanol–water partition coefficient (Wildman–Crippen LogP) is 4.21. The first-order valence-corrected chi connectivity index (χ1v) is 9.98. The summed E-state index contributed by atoms with van der Waals surface area (Å²) in [4.78, 5) is 30.8. The average Bonchev–Trinajstić information content (AvgIpc) is 3.39. The standard InChI is InChI=1S/C22H16N2O4S/c25-21(24-12-14-6-2-1-5-13(14)11-16(24)22(26)27)18-10-9-17(28-18)20-23-15-7-3-4-8-19(15)29-20/h1-10,16H,11-12H2,(H,26,27)/t16-/m1/s1. The second-order valence-electron chi connectivity index (χ2n) is 6.91.